The minimum atomic E-state index is -3.67. The number of methoxy groups -OCH3 is 1. The molecule has 1 saturated heterocycles. The van der Waals surface area contributed by atoms with Gasteiger partial charge in [0.1, 0.15) is 29.8 Å². The van der Waals surface area contributed by atoms with E-state index in [0.717, 1.165) is 22.3 Å². The number of ether oxygens (including phenoxy) is 4. The normalized spacial score (nSPS) is 22.3. The molecule has 248 valence electrons. The van der Waals surface area contributed by atoms with Gasteiger partial charge in [-0.05, 0) is 46.5 Å². The van der Waals surface area contributed by atoms with E-state index in [-0.39, 0.29) is 6.61 Å². The fourth-order valence-corrected chi connectivity index (χ4v) is 8.59. The van der Waals surface area contributed by atoms with Gasteiger partial charge < -0.3 is 23.5 Å². The van der Waals surface area contributed by atoms with Crippen LogP contribution in [0, 0.1) is 0 Å². The molecule has 5 aromatic rings. The van der Waals surface area contributed by atoms with Crippen LogP contribution in [0.1, 0.15) is 22.3 Å². The van der Waals surface area contributed by atoms with Crippen LogP contribution in [-0.2, 0) is 49.7 Å². The van der Waals surface area contributed by atoms with Crippen molar-refractivity contribution < 1.29 is 28.0 Å². The molecular formula is C40H42NO6P. The number of rotatable bonds is 15. The SMILES string of the molecule is COc1ccc([P@]2(=O)O[C@H](COCc3ccccc3)[C@@H](OCc3ccccc3)[C@H](OCc3ccccc3)C2NCc2ccccc2)cc1. The summed E-state index contributed by atoms with van der Waals surface area (Å²) in [4.78, 5) is 0. The molecule has 48 heavy (non-hydrogen) atoms. The topological polar surface area (TPSA) is 75.3 Å². The third kappa shape index (κ3) is 8.69. The van der Waals surface area contributed by atoms with Crippen molar-refractivity contribution in [3.05, 3.63) is 168 Å². The molecule has 5 atom stereocenters. The van der Waals surface area contributed by atoms with Crippen LogP contribution in [0.2, 0.25) is 0 Å². The molecule has 0 aliphatic carbocycles. The van der Waals surface area contributed by atoms with E-state index in [1.54, 1.807) is 7.11 Å². The Morgan fingerprint density at radius 3 is 1.60 bits per heavy atom. The first-order chi connectivity index (χ1) is 23.6. The van der Waals surface area contributed by atoms with Crippen molar-refractivity contribution in [2.75, 3.05) is 13.7 Å². The summed E-state index contributed by atoms with van der Waals surface area (Å²) in [6.45, 7) is 1.63. The Bertz CT molecular complexity index is 1710. The average molecular weight is 664 g/mol. The third-order valence-corrected chi connectivity index (χ3v) is 11.2. The standard InChI is InChI=1S/C40H42NO6P/c1-43-35-22-24-36(25-23-35)48(42)40(41-26-31-14-6-2-7-15-31)39(46-29-34-20-12-5-13-21-34)38(45-28-33-18-10-4-11-19-33)37(47-48)30-44-27-32-16-8-3-9-17-32/h2-25,37-41H,26-30H2,1H3/t37-,38-,39+,40?,48+/m1/s1. The van der Waals surface area contributed by atoms with E-state index >= 15 is 4.57 Å². The Morgan fingerprint density at radius 1 is 0.604 bits per heavy atom. The maximum absolute atomic E-state index is 15.6. The molecule has 1 fully saturated rings. The fraction of sp³-hybridized carbons (Fsp3) is 0.250. The minimum absolute atomic E-state index is 0.158. The third-order valence-electron chi connectivity index (χ3n) is 8.41. The predicted molar refractivity (Wildman–Crippen MR) is 188 cm³/mol. The Hall–Kier alpha value is -4.07. The summed E-state index contributed by atoms with van der Waals surface area (Å²) in [5.41, 5.74) is 4.10. The first-order valence-corrected chi connectivity index (χ1v) is 17.9. The van der Waals surface area contributed by atoms with Crippen molar-refractivity contribution in [3.8, 4) is 5.75 Å². The number of hydrogen-bond acceptors (Lipinski definition) is 7. The Kier molecular flexibility index (Phi) is 11.9. The number of benzene rings is 5. The fourth-order valence-electron chi connectivity index (χ4n) is 5.89. The first-order valence-electron chi connectivity index (χ1n) is 16.2. The van der Waals surface area contributed by atoms with Crippen molar-refractivity contribution in [3.63, 3.8) is 0 Å². The van der Waals surface area contributed by atoms with Gasteiger partial charge in [0.05, 0.1) is 33.5 Å². The summed E-state index contributed by atoms with van der Waals surface area (Å²) in [5, 5.41) is 4.17. The molecule has 0 spiro atoms. The molecule has 0 bridgehead atoms. The summed E-state index contributed by atoms with van der Waals surface area (Å²) in [7, 11) is -2.06. The molecule has 6 rings (SSSR count). The molecule has 1 unspecified atom stereocenters. The number of hydrogen-bond donors (Lipinski definition) is 1. The van der Waals surface area contributed by atoms with E-state index in [2.05, 4.69) is 5.32 Å². The molecule has 1 N–H and O–H groups in total. The van der Waals surface area contributed by atoms with Gasteiger partial charge in [-0.1, -0.05) is 121 Å². The van der Waals surface area contributed by atoms with Crippen molar-refractivity contribution >= 4 is 12.7 Å². The van der Waals surface area contributed by atoms with Gasteiger partial charge in [0.15, 0.2) is 0 Å². The molecule has 0 saturated carbocycles. The lowest BCUT2D eigenvalue weighted by Crippen LogP contribution is -2.59. The van der Waals surface area contributed by atoms with Gasteiger partial charge in [0.25, 0.3) is 7.37 Å². The van der Waals surface area contributed by atoms with Crippen LogP contribution in [0.4, 0.5) is 0 Å². The summed E-state index contributed by atoms with van der Waals surface area (Å²) in [6, 6.07) is 47.3. The van der Waals surface area contributed by atoms with Crippen molar-refractivity contribution in [2.45, 2.75) is 50.5 Å². The highest BCUT2D eigenvalue weighted by atomic mass is 31.2. The average Bonchev–Trinajstić information content (AvgIpc) is 3.15. The lowest BCUT2D eigenvalue weighted by molar-refractivity contribution is -0.156. The molecule has 5 aromatic carbocycles. The van der Waals surface area contributed by atoms with E-state index in [9.17, 15) is 0 Å². The highest BCUT2D eigenvalue weighted by molar-refractivity contribution is 7.67. The zero-order chi connectivity index (χ0) is 33.0. The smallest absolute Gasteiger partial charge is 0.251 e. The molecule has 0 aromatic heterocycles. The lowest BCUT2D eigenvalue weighted by Gasteiger charge is -2.46. The molecule has 0 amide bonds. The minimum Gasteiger partial charge on any atom is -0.497 e. The zero-order valence-electron chi connectivity index (χ0n) is 27.1. The van der Waals surface area contributed by atoms with Gasteiger partial charge in [-0.3, -0.25) is 9.88 Å². The van der Waals surface area contributed by atoms with E-state index < -0.39 is 31.5 Å². The molecule has 1 aliphatic heterocycles. The van der Waals surface area contributed by atoms with Gasteiger partial charge in [0, 0.05) is 11.8 Å². The van der Waals surface area contributed by atoms with Crippen molar-refractivity contribution in [1.29, 1.82) is 0 Å². The van der Waals surface area contributed by atoms with Gasteiger partial charge in [0.2, 0.25) is 0 Å². The van der Waals surface area contributed by atoms with Crippen molar-refractivity contribution in [2.24, 2.45) is 0 Å². The summed E-state index contributed by atoms with van der Waals surface area (Å²) in [6.07, 6.45) is -1.97. The molecule has 0 radical (unpaired) electrons. The van der Waals surface area contributed by atoms with Crippen LogP contribution in [0.5, 0.6) is 5.75 Å². The second-order valence-corrected chi connectivity index (χ2v) is 14.3. The van der Waals surface area contributed by atoms with Gasteiger partial charge in [-0.15, -0.1) is 0 Å². The van der Waals surface area contributed by atoms with E-state index in [1.165, 1.54) is 0 Å². The molecule has 7 nitrogen and oxygen atoms in total. The predicted octanol–water partition coefficient (Wildman–Crippen LogP) is 7.50. The first kappa shape index (κ1) is 33.8. The molecule has 1 aliphatic rings. The summed E-state index contributed by atoms with van der Waals surface area (Å²) < 4.78 is 47.6. The van der Waals surface area contributed by atoms with E-state index in [4.69, 9.17) is 23.5 Å². The van der Waals surface area contributed by atoms with Crippen LogP contribution in [0.3, 0.4) is 0 Å². The zero-order valence-corrected chi connectivity index (χ0v) is 28.0. The lowest BCUT2D eigenvalue weighted by atomic mass is 10.1. The Balaban J connectivity index is 1.38. The molecular weight excluding hydrogens is 621 g/mol. The largest absolute Gasteiger partial charge is 0.497 e. The van der Waals surface area contributed by atoms with Gasteiger partial charge in [-0.25, -0.2) is 0 Å². The monoisotopic (exact) mass is 663 g/mol. The maximum Gasteiger partial charge on any atom is 0.251 e. The van der Waals surface area contributed by atoms with E-state index in [0.29, 0.717) is 37.4 Å². The summed E-state index contributed by atoms with van der Waals surface area (Å²) in [5.74, 6) is -0.0687. The van der Waals surface area contributed by atoms with E-state index in [1.807, 2.05) is 146 Å². The Morgan fingerprint density at radius 2 is 1.08 bits per heavy atom. The molecule has 1 heterocycles. The maximum atomic E-state index is 15.6. The van der Waals surface area contributed by atoms with Crippen LogP contribution < -0.4 is 15.4 Å². The van der Waals surface area contributed by atoms with Crippen LogP contribution in [0.15, 0.2) is 146 Å². The van der Waals surface area contributed by atoms with Crippen LogP contribution in [0.25, 0.3) is 0 Å². The molecule has 8 heteroatoms. The Labute approximate surface area is 283 Å². The number of nitrogens with one attached hydrogen (secondary N) is 1. The van der Waals surface area contributed by atoms with Gasteiger partial charge >= 0.3 is 0 Å². The highest BCUT2D eigenvalue weighted by Crippen LogP contribution is 2.57. The summed E-state index contributed by atoms with van der Waals surface area (Å²) >= 11 is 0. The van der Waals surface area contributed by atoms with Crippen LogP contribution in [-0.4, -0.2) is 37.8 Å². The second kappa shape index (κ2) is 16.8. The van der Waals surface area contributed by atoms with Gasteiger partial charge in [-0.2, -0.15) is 0 Å². The highest BCUT2D eigenvalue weighted by Gasteiger charge is 2.54. The van der Waals surface area contributed by atoms with Crippen LogP contribution >= 0.6 is 7.37 Å². The van der Waals surface area contributed by atoms with Crippen molar-refractivity contribution in [1.82, 2.24) is 5.32 Å². The second-order valence-electron chi connectivity index (χ2n) is 11.8. The quantitative estimate of drug-likeness (QED) is 0.116.